The van der Waals surface area contributed by atoms with Crippen LogP contribution in [0.4, 0.5) is 9.59 Å². The summed E-state index contributed by atoms with van der Waals surface area (Å²) in [5.41, 5.74) is 1.01. The van der Waals surface area contributed by atoms with Crippen LogP contribution in [0.5, 0.6) is 0 Å². The Labute approximate surface area is 192 Å². The van der Waals surface area contributed by atoms with Crippen molar-refractivity contribution in [1.29, 1.82) is 0 Å². The molecule has 6 heteroatoms. The number of amides is 2. The highest BCUT2D eigenvalue weighted by Crippen LogP contribution is 2.62. The van der Waals surface area contributed by atoms with E-state index >= 15 is 0 Å². The Morgan fingerprint density at radius 1 is 0.875 bits per heavy atom. The number of rotatable bonds is 4. The van der Waals surface area contributed by atoms with Gasteiger partial charge in [0.15, 0.2) is 0 Å². The van der Waals surface area contributed by atoms with Gasteiger partial charge in [0.2, 0.25) is 0 Å². The van der Waals surface area contributed by atoms with Crippen molar-refractivity contribution in [2.24, 2.45) is 17.3 Å². The molecule has 1 aliphatic carbocycles. The lowest BCUT2D eigenvalue weighted by Gasteiger charge is -2.43. The molecule has 0 spiro atoms. The Morgan fingerprint density at radius 2 is 1.38 bits per heavy atom. The predicted molar refractivity (Wildman–Crippen MR) is 123 cm³/mol. The molecule has 0 radical (unpaired) electrons. The molecule has 4 rings (SSSR count). The number of carbonyl (C=O) groups excluding carboxylic acids is 2. The zero-order valence-electron chi connectivity index (χ0n) is 19.8. The summed E-state index contributed by atoms with van der Waals surface area (Å²) in [5, 5.41) is 0. The van der Waals surface area contributed by atoms with Crippen LogP contribution in [0.2, 0.25) is 0 Å². The van der Waals surface area contributed by atoms with Crippen LogP contribution >= 0.6 is 0 Å². The van der Waals surface area contributed by atoms with Gasteiger partial charge in [-0.3, -0.25) is 0 Å². The average Bonchev–Trinajstić information content (AvgIpc) is 3.59. The molecule has 2 heterocycles. The molecule has 1 saturated carbocycles. The summed E-state index contributed by atoms with van der Waals surface area (Å²) < 4.78 is 11.1. The van der Waals surface area contributed by atoms with Crippen LogP contribution < -0.4 is 0 Å². The van der Waals surface area contributed by atoms with Crippen molar-refractivity contribution >= 4 is 12.2 Å². The first-order chi connectivity index (χ1) is 15.3. The lowest BCUT2D eigenvalue weighted by atomic mass is 9.70. The SMILES string of the molecule is CC(C)(C)OC(=O)N1CCC(C2(C3CCN(C(=O)OCc4ccccc4)CC3)CC2)CC1. The fourth-order valence-electron chi connectivity index (χ4n) is 5.71. The van der Waals surface area contributed by atoms with Crippen molar-refractivity contribution < 1.29 is 19.1 Å². The van der Waals surface area contributed by atoms with E-state index in [1.54, 1.807) is 0 Å². The minimum atomic E-state index is -0.443. The number of hydrogen-bond acceptors (Lipinski definition) is 4. The van der Waals surface area contributed by atoms with Gasteiger partial charge in [-0.25, -0.2) is 9.59 Å². The lowest BCUT2D eigenvalue weighted by Crippen LogP contribution is -2.46. The largest absolute Gasteiger partial charge is 0.445 e. The van der Waals surface area contributed by atoms with Crippen molar-refractivity contribution in [3.8, 4) is 0 Å². The number of piperidine rings is 2. The molecule has 1 aromatic rings. The molecule has 0 unspecified atom stereocenters. The van der Waals surface area contributed by atoms with Gasteiger partial charge in [0.05, 0.1) is 0 Å². The third-order valence-corrected chi connectivity index (χ3v) is 7.56. The van der Waals surface area contributed by atoms with Gasteiger partial charge in [-0.2, -0.15) is 0 Å². The minimum Gasteiger partial charge on any atom is -0.445 e. The van der Waals surface area contributed by atoms with Crippen LogP contribution in [-0.4, -0.2) is 53.8 Å². The maximum atomic E-state index is 12.5. The van der Waals surface area contributed by atoms with Crippen LogP contribution in [0.1, 0.15) is 64.9 Å². The van der Waals surface area contributed by atoms with E-state index in [9.17, 15) is 9.59 Å². The lowest BCUT2D eigenvalue weighted by molar-refractivity contribution is 0.00916. The maximum absolute atomic E-state index is 12.5. The van der Waals surface area contributed by atoms with E-state index in [1.807, 2.05) is 60.9 Å². The monoisotopic (exact) mass is 442 g/mol. The summed E-state index contributed by atoms with van der Waals surface area (Å²) in [4.78, 5) is 28.6. The zero-order chi connectivity index (χ0) is 22.8. The molecule has 1 aromatic carbocycles. The first kappa shape index (κ1) is 22.9. The zero-order valence-corrected chi connectivity index (χ0v) is 19.8. The third kappa shape index (κ3) is 5.38. The fourth-order valence-corrected chi connectivity index (χ4v) is 5.71. The highest BCUT2D eigenvalue weighted by Gasteiger charge is 2.55. The number of carbonyl (C=O) groups is 2. The second-order valence-corrected chi connectivity index (χ2v) is 10.8. The van der Waals surface area contributed by atoms with E-state index in [4.69, 9.17) is 9.47 Å². The summed E-state index contributed by atoms with van der Waals surface area (Å²) >= 11 is 0. The maximum Gasteiger partial charge on any atom is 0.410 e. The van der Waals surface area contributed by atoms with E-state index in [-0.39, 0.29) is 12.2 Å². The molecule has 6 nitrogen and oxygen atoms in total. The molecule has 3 aliphatic rings. The molecule has 0 bridgehead atoms. The van der Waals surface area contributed by atoms with Crippen molar-refractivity contribution in [3.05, 3.63) is 35.9 Å². The van der Waals surface area contributed by atoms with Crippen molar-refractivity contribution in [1.82, 2.24) is 9.80 Å². The second kappa shape index (κ2) is 9.32. The van der Waals surface area contributed by atoms with Crippen LogP contribution in [0, 0.1) is 17.3 Å². The molecule has 2 aliphatic heterocycles. The van der Waals surface area contributed by atoms with Gasteiger partial charge in [0.25, 0.3) is 0 Å². The number of benzene rings is 1. The molecule has 3 fully saturated rings. The molecule has 176 valence electrons. The van der Waals surface area contributed by atoms with Gasteiger partial charge >= 0.3 is 12.2 Å². The van der Waals surface area contributed by atoms with Crippen molar-refractivity contribution in [3.63, 3.8) is 0 Å². The number of nitrogens with zero attached hydrogens (tertiary/aromatic N) is 2. The molecule has 0 atom stereocenters. The molecule has 2 saturated heterocycles. The quantitative estimate of drug-likeness (QED) is 0.621. The van der Waals surface area contributed by atoms with Gasteiger partial charge in [-0.15, -0.1) is 0 Å². The Hall–Kier alpha value is -2.24. The van der Waals surface area contributed by atoms with Gasteiger partial charge in [-0.1, -0.05) is 30.3 Å². The first-order valence-corrected chi connectivity index (χ1v) is 12.2. The van der Waals surface area contributed by atoms with Crippen molar-refractivity contribution in [2.75, 3.05) is 26.2 Å². The van der Waals surface area contributed by atoms with E-state index in [2.05, 4.69) is 0 Å². The van der Waals surface area contributed by atoms with Crippen molar-refractivity contribution in [2.45, 2.75) is 71.5 Å². The van der Waals surface area contributed by atoms with Gasteiger partial charge in [0, 0.05) is 26.2 Å². The smallest absolute Gasteiger partial charge is 0.410 e. The molecular formula is C26H38N2O4. The summed E-state index contributed by atoms with van der Waals surface area (Å²) in [5.74, 6) is 1.36. The van der Waals surface area contributed by atoms with Crippen LogP contribution in [0.3, 0.4) is 0 Å². The van der Waals surface area contributed by atoms with Crippen LogP contribution in [0.25, 0.3) is 0 Å². The third-order valence-electron chi connectivity index (χ3n) is 7.56. The topological polar surface area (TPSA) is 59.1 Å². The Morgan fingerprint density at radius 3 is 1.84 bits per heavy atom. The summed E-state index contributed by atoms with van der Waals surface area (Å²) in [7, 11) is 0. The Balaban J connectivity index is 1.23. The van der Waals surface area contributed by atoms with E-state index in [1.165, 1.54) is 12.8 Å². The number of hydrogen-bond donors (Lipinski definition) is 0. The van der Waals surface area contributed by atoms with Gasteiger partial charge < -0.3 is 19.3 Å². The highest BCUT2D eigenvalue weighted by atomic mass is 16.6. The fraction of sp³-hybridized carbons (Fsp3) is 0.692. The molecule has 0 aromatic heterocycles. The summed E-state index contributed by atoms with van der Waals surface area (Å²) in [6.07, 6.45) is 6.49. The molecular weight excluding hydrogens is 404 g/mol. The van der Waals surface area contributed by atoms with Crippen LogP contribution in [-0.2, 0) is 16.1 Å². The van der Waals surface area contributed by atoms with E-state index < -0.39 is 5.60 Å². The minimum absolute atomic E-state index is 0.178. The Kier molecular flexibility index (Phi) is 6.68. The number of ether oxygens (including phenoxy) is 2. The van der Waals surface area contributed by atoms with Gasteiger partial charge in [-0.05, 0) is 82.1 Å². The van der Waals surface area contributed by atoms with Gasteiger partial charge in [0.1, 0.15) is 12.2 Å². The predicted octanol–water partition coefficient (Wildman–Crippen LogP) is 5.46. The van der Waals surface area contributed by atoms with E-state index in [0.717, 1.165) is 57.4 Å². The normalized spacial score (nSPS) is 21.8. The Bertz CT molecular complexity index is 784. The summed E-state index contributed by atoms with van der Waals surface area (Å²) in [6.45, 7) is 9.26. The molecule has 0 N–H and O–H groups in total. The first-order valence-electron chi connectivity index (χ1n) is 12.2. The summed E-state index contributed by atoms with van der Waals surface area (Å²) in [6, 6.07) is 9.84. The molecule has 32 heavy (non-hydrogen) atoms. The van der Waals surface area contributed by atoms with E-state index in [0.29, 0.717) is 23.9 Å². The number of likely N-dealkylation sites (tertiary alicyclic amines) is 2. The average molecular weight is 443 g/mol. The van der Waals surface area contributed by atoms with Crippen LogP contribution in [0.15, 0.2) is 30.3 Å². The highest BCUT2D eigenvalue weighted by molar-refractivity contribution is 5.68. The standard InChI is InChI=1S/C26H38N2O4/c1-25(2,3)32-24(30)28-17-11-22(12-18-28)26(13-14-26)21-9-15-27(16-10-21)23(29)31-19-20-7-5-4-6-8-20/h4-8,21-22H,9-19H2,1-3H3. The second-order valence-electron chi connectivity index (χ2n) is 10.8. The molecule has 2 amide bonds.